The van der Waals surface area contributed by atoms with E-state index in [2.05, 4.69) is 43.0 Å². The number of piperidine rings is 1. The summed E-state index contributed by atoms with van der Waals surface area (Å²) in [5.41, 5.74) is 2.31. The van der Waals surface area contributed by atoms with Gasteiger partial charge in [-0.25, -0.2) is 0 Å². The Morgan fingerprint density at radius 2 is 1.68 bits per heavy atom. The Bertz CT molecular complexity index is 1100. The zero-order valence-electron chi connectivity index (χ0n) is 23.4. The number of aliphatic hydroxyl groups is 1. The molecular weight excluding hydrogens is 480 g/mol. The summed E-state index contributed by atoms with van der Waals surface area (Å²) < 4.78 is 16.3. The van der Waals surface area contributed by atoms with Gasteiger partial charge in [-0.2, -0.15) is 0 Å². The number of ether oxygens (including phenoxy) is 3. The Morgan fingerprint density at radius 3 is 2.26 bits per heavy atom. The van der Waals surface area contributed by atoms with Gasteiger partial charge in [0.05, 0.1) is 33.0 Å². The lowest BCUT2D eigenvalue weighted by atomic mass is 9.66. The Morgan fingerprint density at radius 1 is 1.03 bits per heavy atom. The minimum absolute atomic E-state index is 0.0165. The van der Waals surface area contributed by atoms with E-state index in [-0.39, 0.29) is 17.9 Å². The Kier molecular flexibility index (Phi) is 8.87. The number of amides is 1. The van der Waals surface area contributed by atoms with Gasteiger partial charge in [0, 0.05) is 37.3 Å². The number of fused-ring (bicyclic) bond motifs is 1. The van der Waals surface area contributed by atoms with E-state index in [0.29, 0.717) is 30.2 Å². The number of hydrogen-bond acceptors (Lipinski definition) is 6. The Labute approximate surface area is 227 Å². The average Bonchev–Trinajstić information content (AvgIpc) is 2.95. The molecule has 4 rings (SSSR count). The highest BCUT2D eigenvalue weighted by Crippen LogP contribution is 2.49. The quantitative estimate of drug-likeness (QED) is 0.441. The second kappa shape index (κ2) is 12.1. The van der Waals surface area contributed by atoms with Gasteiger partial charge >= 0.3 is 0 Å². The number of methoxy groups -OCH3 is 3. The summed E-state index contributed by atoms with van der Waals surface area (Å²) in [6, 6.07) is 12.1. The van der Waals surface area contributed by atoms with Crippen LogP contribution in [0.3, 0.4) is 0 Å². The van der Waals surface area contributed by atoms with Crippen LogP contribution < -0.4 is 19.1 Å². The predicted octanol–water partition coefficient (Wildman–Crippen LogP) is 5.47. The lowest BCUT2D eigenvalue weighted by molar-refractivity contribution is -0.150. The molecule has 2 aromatic rings. The van der Waals surface area contributed by atoms with Gasteiger partial charge in [-0.1, -0.05) is 25.0 Å². The van der Waals surface area contributed by atoms with E-state index in [1.54, 1.807) is 33.5 Å². The molecule has 1 saturated carbocycles. The molecule has 0 radical (unpaired) electrons. The number of carbonyl (C=O) groups is 1. The molecule has 0 spiro atoms. The monoisotopic (exact) mass is 522 g/mol. The largest absolute Gasteiger partial charge is 0.493 e. The summed E-state index contributed by atoms with van der Waals surface area (Å²) in [4.78, 5) is 18.0. The van der Waals surface area contributed by atoms with Crippen molar-refractivity contribution in [1.82, 2.24) is 4.90 Å². The van der Waals surface area contributed by atoms with Crippen molar-refractivity contribution >= 4 is 17.7 Å². The number of carbonyl (C=O) groups excluding carboxylic acids is 1. The summed E-state index contributed by atoms with van der Waals surface area (Å²) in [7, 11) is 4.72. The first kappa shape index (κ1) is 27.8. The van der Waals surface area contributed by atoms with E-state index < -0.39 is 5.60 Å². The van der Waals surface area contributed by atoms with Crippen LogP contribution in [-0.2, 0) is 4.79 Å². The summed E-state index contributed by atoms with van der Waals surface area (Å²) >= 11 is 0. The first-order valence-corrected chi connectivity index (χ1v) is 13.7. The van der Waals surface area contributed by atoms with E-state index in [9.17, 15) is 9.90 Å². The normalized spacial score (nSPS) is 23.2. The lowest BCUT2D eigenvalue weighted by Crippen LogP contribution is -2.56. The maximum absolute atomic E-state index is 13.7. The van der Waals surface area contributed by atoms with Gasteiger partial charge in [0.1, 0.15) is 0 Å². The van der Waals surface area contributed by atoms with Crippen molar-refractivity contribution in [1.29, 1.82) is 0 Å². The van der Waals surface area contributed by atoms with E-state index in [4.69, 9.17) is 14.2 Å². The van der Waals surface area contributed by atoms with Crippen LogP contribution >= 0.6 is 0 Å². The summed E-state index contributed by atoms with van der Waals surface area (Å²) in [6.07, 6.45) is 7.84. The molecule has 7 nitrogen and oxygen atoms in total. The van der Waals surface area contributed by atoms with Crippen molar-refractivity contribution in [2.24, 2.45) is 5.92 Å². The molecule has 1 aliphatic heterocycles. The molecule has 0 aromatic heterocycles. The average molecular weight is 523 g/mol. The Balaban J connectivity index is 1.65. The molecule has 2 fully saturated rings. The van der Waals surface area contributed by atoms with Crippen LogP contribution in [0.15, 0.2) is 42.5 Å². The molecule has 1 amide bonds. The first-order chi connectivity index (χ1) is 18.4. The fourth-order valence-corrected chi connectivity index (χ4v) is 6.27. The maximum atomic E-state index is 13.7. The lowest BCUT2D eigenvalue weighted by Gasteiger charge is -2.52. The van der Waals surface area contributed by atoms with Gasteiger partial charge in [0.25, 0.3) is 0 Å². The highest BCUT2D eigenvalue weighted by atomic mass is 16.5. The van der Waals surface area contributed by atoms with Crippen LogP contribution in [-0.4, -0.2) is 62.5 Å². The third-order valence-corrected chi connectivity index (χ3v) is 8.32. The number of benzene rings is 2. The van der Waals surface area contributed by atoms with E-state index in [1.807, 2.05) is 17.0 Å². The van der Waals surface area contributed by atoms with Crippen LogP contribution in [0.25, 0.3) is 6.08 Å². The first-order valence-electron chi connectivity index (χ1n) is 13.7. The summed E-state index contributed by atoms with van der Waals surface area (Å²) in [5, 5.41) is 11.6. The molecule has 206 valence electrons. The summed E-state index contributed by atoms with van der Waals surface area (Å²) in [5.74, 6) is 1.54. The van der Waals surface area contributed by atoms with Crippen molar-refractivity contribution in [3.05, 3.63) is 53.6 Å². The zero-order valence-corrected chi connectivity index (χ0v) is 23.4. The van der Waals surface area contributed by atoms with Gasteiger partial charge in [-0.05, 0) is 74.6 Å². The number of rotatable bonds is 9. The second-order valence-corrected chi connectivity index (χ2v) is 10.2. The highest BCUT2D eigenvalue weighted by molar-refractivity contribution is 5.92. The van der Waals surface area contributed by atoms with Gasteiger partial charge in [0.15, 0.2) is 11.5 Å². The molecule has 2 aliphatic rings. The van der Waals surface area contributed by atoms with Crippen molar-refractivity contribution in [3.63, 3.8) is 0 Å². The van der Waals surface area contributed by atoms with Crippen LogP contribution in [0.2, 0.25) is 0 Å². The van der Waals surface area contributed by atoms with E-state index in [1.165, 1.54) is 5.69 Å². The van der Waals surface area contributed by atoms with E-state index in [0.717, 1.165) is 49.9 Å². The standard InChI is InChI=1S/C31H42N2O5/c1-6-32(7-2)24-14-12-23(13-15-24)29-25-10-8-9-17-31(25,35)18-19-33(29)28(34)16-11-22-20-26(36-3)30(38-5)27(21-22)37-4/h11-16,20-21,25,29,35H,6-10,17-19H2,1-5H3/t25-,29-,31-/m0/s1. The van der Waals surface area contributed by atoms with Gasteiger partial charge in [-0.3, -0.25) is 4.79 Å². The number of hydrogen-bond donors (Lipinski definition) is 1. The predicted molar refractivity (Wildman–Crippen MR) is 151 cm³/mol. The van der Waals surface area contributed by atoms with Crippen molar-refractivity contribution in [2.45, 2.75) is 57.6 Å². The van der Waals surface area contributed by atoms with Crippen LogP contribution in [0.5, 0.6) is 17.2 Å². The SMILES string of the molecule is CCN(CC)c1ccc([C@H]2[C@@H]3CCCC[C@]3(O)CCN2C(=O)C=Cc2cc(OC)c(OC)c(OC)c2)cc1. The van der Waals surface area contributed by atoms with Crippen LogP contribution in [0.1, 0.15) is 63.1 Å². The molecule has 38 heavy (non-hydrogen) atoms. The number of nitrogens with zero attached hydrogens (tertiary/aromatic N) is 2. The molecule has 1 aliphatic carbocycles. The van der Waals surface area contributed by atoms with Gasteiger partial charge in [-0.15, -0.1) is 0 Å². The fraction of sp³-hybridized carbons (Fsp3) is 0.516. The minimum Gasteiger partial charge on any atom is -0.493 e. The minimum atomic E-state index is -0.725. The fourth-order valence-electron chi connectivity index (χ4n) is 6.27. The molecule has 1 heterocycles. The van der Waals surface area contributed by atoms with Gasteiger partial charge < -0.3 is 29.1 Å². The smallest absolute Gasteiger partial charge is 0.247 e. The maximum Gasteiger partial charge on any atom is 0.247 e. The van der Waals surface area contributed by atoms with Crippen molar-refractivity contribution < 1.29 is 24.1 Å². The van der Waals surface area contributed by atoms with Crippen LogP contribution in [0.4, 0.5) is 5.69 Å². The van der Waals surface area contributed by atoms with Crippen molar-refractivity contribution in [3.8, 4) is 17.2 Å². The molecule has 2 aromatic carbocycles. The molecule has 0 unspecified atom stereocenters. The molecule has 3 atom stereocenters. The Hall–Kier alpha value is -3.19. The van der Waals surface area contributed by atoms with Crippen molar-refractivity contribution in [2.75, 3.05) is 45.9 Å². The number of likely N-dealkylation sites (tertiary alicyclic amines) is 1. The third-order valence-electron chi connectivity index (χ3n) is 8.32. The topological polar surface area (TPSA) is 71.5 Å². The molecule has 1 saturated heterocycles. The third kappa shape index (κ3) is 5.48. The molecular formula is C31H42N2O5. The zero-order chi connectivity index (χ0) is 27.3. The van der Waals surface area contributed by atoms with Crippen LogP contribution in [0, 0.1) is 5.92 Å². The van der Waals surface area contributed by atoms with E-state index >= 15 is 0 Å². The highest BCUT2D eigenvalue weighted by Gasteiger charge is 2.49. The molecule has 0 bridgehead atoms. The number of anilines is 1. The molecule has 7 heteroatoms. The summed E-state index contributed by atoms with van der Waals surface area (Å²) in [6.45, 7) is 6.71. The van der Waals surface area contributed by atoms with Gasteiger partial charge in [0.2, 0.25) is 11.7 Å². The second-order valence-electron chi connectivity index (χ2n) is 10.2. The molecule has 1 N–H and O–H groups in total.